The highest BCUT2D eigenvalue weighted by Crippen LogP contribution is 2.57. The van der Waals surface area contributed by atoms with Crippen LogP contribution in [0.1, 0.15) is 43.2 Å². The van der Waals surface area contributed by atoms with E-state index in [1.807, 2.05) is 6.92 Å². The quantitative estimate of drug-likeness (QED) is 0.895. The van der Waals surface area contributed by atoms with Crippen molar-refractivity contribution < 1.29 is 14.1 Å². The molecule has 1 spiro atoms. The SMILES string of the molecule is CCO[C@@H]1C[C@H](NC(=O)c2cc(=O)n(C)o2)C12CCC2. The topological polar surface area (TPSA) is 73.5 Å². The van der Waals surface area contributed by atoms with Crippen LogP contribution in [0, 0.1) is 5.41 Å². The third kappa shape index (κ3) is 1.90. The van der Waals surface area contributed by atoms with E-state index in [-0.39, 0.29) is 34.8 Å². The zero-order valence-corrected chi connectivity index (χ0v) is 11.8. The van der Waals surface area contributed by atoms with Gasteiger partial charge in [0.15, 0.2) is 0 Å². The lowest BCUT2D eigenvalue weighted by Crippen LogP contribution is -2.67. The van der Waals surface area contributed by atoms with E-state index in [0.717, 1.165) is 24.0 Å². The van der Waals surface area contributed by atoms with Gasteiger partial charge < -0.3 is 14.6 Å². The van der Waals surface area contributed by atoms with Gasteiger partial charge in [-0.05, 0) is 26.2 Å². The maximum Gasteiger partial charge on any atom is 0.290 e. The van der Waals surface area contributed by atoms with Gasteiger partial charge in [0.1, 0.15) is 0 Å². The van der Waals surface area contributed by atoms with Crippen LogP contribution in [0.2, 0.25) is 0 Å². The highest BCUT2D eigenvalue weighted by Gasteiger charge is 2.59. The standard InChI is InChI=1S/C14H20N2O4/c1-3-19-11-8-10(14(11)5-4-6-14)15-13(18)9-7-12(17)16(2)20-9/h7,10-11H,3-6,8H2,1-2H3,(H,15,18)/t10-,11+/m0/s1. The van der Waals surface area contributed by atoms with Crippen LogP contribution in [0.5, 0.6) is 0 Å². The summed E-state index contributed by atoms with van der Waals surface area (Å²) in [7, 11) is 1.49. The van der Waals surface area contributed by atoms with E-state index in [1.165, 1.54) is 19.5 Å². The molecule has 2 saturated carbocycles. The van der Waals surface area contributed by atoms with Gasteiger partial charge in [0.05, 0.1) is 12.2 Å². The first kappa shape index (κ1) is 13.4. The summed E-state index contributed by atoms with van der Waals surface area (Å²) < 4.78 is 11.9. The van der Waals surface area contributed by atoms with Gasteiger partial charge in [-0.2, -0.15) is 4.74 Å². The Hall–Kier alpha value is -1.56. The Morgan fingerprint density at radius 2 is 2.35 bits per heavy atom. The predicted molar refractivity (Wildman–Crippen MR) is 71.5 cm³/mol. The highest BCUT2D eigenvalue weighted by atomic mass is 16.5. The third-order valence-corrected chi connectivity index (χ3v) is 4.77. The first-order valence-corrected chi connectivity index (χ1v) is 7.16. The Labute approximate surface area is 117 Å². The van der Waals surface area contributed by atoms with E-state index in [4.69, 9.17) is 9.26 Å². The second kappa shape index (κ2) is 4.77. The summed E-state index contributed by atoms with van der Waals surface area (Å²) in [6, 6.07) is 1.35. The molecular weight excluding hydrogens is 260 g/mol. The number of carbonyl (C=O) groups is 1. The molecule has 0 radical (unpaired) electrons. The van der Waals surface area contributed by atoms with Crippen molar-refractivity contribution in [3.05, 3.63) is 22.2 Å². The van der Waals surface area contributed by atoms with Crippen LogP contribution >= 0.6 is 0 Å². The number of hydrogen-bond donors (Lipinski definition) is 1. The zero-order chi connectivity index (χ0) is 14.3. The van der Waals surface area contributed by atoms with Crippen molar-refractivity contribution in [1.82, 2.24) is 10.1 Å². The maximum absolute atomic E-state index is 12.1. The minimum absolute atomic E-state index is 0.0758. The molecule has 3 rings (SSSR count). The van der Waals surface area contributed by atoms with Crippen LogP contribution in [-0.2, 0) is 11.8 Å². The predicted octanol–water partition coefficient (Wildman–Crippen LogP) is 1.06. The molecule has 6 nitrogen and oxygen atoms in total. The molecule has 1 aromatic heterocycles. The third-order valence-electron chi connectivity index (χ3n) is 4.77. The van der Waals surface area contributed by atoms with Crippen molar-refractivity contribution in [3.8, 4) is 0 Å². The minimum atomic E-state index is -0.311. The van der Waals surface area contributed by atoms with Crippen molar-refractivity contribution in [2.75, 3.05) is 6.61 Å². The molecule has 0 saturated heterocycles. The highest BCUT2D eigenvalue weighted by molar-refractivity contribution is 5.91. The molecule has 20 heavy (non-hydrogen) atoms. The molecule has 6 heteroatoms. The lowest BCUT2D eigenvalue weighted by molar-refractivity contribution is -0.169. The Balaban J connectivity index is 1.67. The van der Waals surface area contributed by atoms with Gasteiger partial charge in [-0.25, -0.2) is 0 Å². The van der Waals surface area contributed by atoms with Crippen LogP contribution in [0.15, 0.2) is 15.4 Å². The van der Waals surface area contributed by atoms with Crippen LogP contribution in [0.25, 0.3) is 0 Å². The summed E-state index contributed by atoms with van der Waals surface area (Å²) in [6.07, 6.45) is 4.49. The second-order valence-corrected chi connectivity index (χ2v) is 5.73. The second-order valence-electron chi connectivity index (χ2n) is 5.73. The fourth-order valence-corrected chi connectivity index (χ4v) is 3.40. The Kier molecular flexibility index (Phi) is 3.20. The Morgan fingerprint density at radius 1 is 1.60 bits per heavy atom. The van der Waals surface area contributed by atoms with Gasteiger partial charge in [0, 0.05) is 25.1 Å². The molecule has 0 aliphatic heterocycles. The summed E-state index contributed by atoms with van der Waals surface area (Å²) in [5, 5.41) is 2.99. The number of rotatable bonds is 4. The molecule has 2 aliphatic carbocycles. The Bertz CT molecular complexity index is 570. The summed E-state index contributed by atoms with van der Waals surface area (Å²) >= 11 is 0. The van der Waals surface area contributed by atoms with Crippen LogP contribution in [0.3, 0.4) is 0 Å². The molecule has 1 heterocycles. The fourth-order valence-electron chi connectivity index (χ4n) is 3.40. The van der Waals surface area contributed by atoms with Crippen molar-refractivity contribution in [2.24, 2.45) is 12.5 Å². The van der Waals surface area contributed by atoms with Crippen LogP contribution < -0.4 is 10.9 Å². The number of hydrogen-bond acceptors (Lipinski definition) is 4. The van der Waals surface area contributed by atoms with E-state index >= 15 is 0 Å². The molecule has 1 amide bonds. The van der Waals surface area contributed by atoms with Crippen molar-refractivity contribution in [3.63, 3.8) is 0 Å². The average Bonchev–Trinajstić information content (AvgIpc) is 2.66. The van der Waals surface area contributed by atoms with Gasteiger partial charge in [-0.1, -0.05) is 6.42 Å². The number of nitrogens with one attached hydrogen (secondary N) is 1. The smallest absolute Gasteiger partial charge is 0.290 e. The van der Waals surface area contributed by atoms with Gasteiger partial charge in [-0.15, -0.1) is 0 Å². The molecule has 2 aliphatic rings. The van der Waals surface area contributed by atoms with Gasteiger partial charge >= 0.3 is 0 Å². The van der Waals surface area contributed by atoms with Crippen LogP contribution in [0.4, 0.5) is 0 Å². The summed E-state index contributed by atoms with van der Waals surface area (Å²) in [5.74, 6) is -0.235. The maximum atomic E-state index is 12.1. The molecule has 1 aromatic rings. The molecule has 1 N–H and O–H groups in total. The molecule has 110 valence electrons. The minimum Gasteiger partial charge on any atom is -0.378 e. The van der Waals surface area contributed by atoms with Crippen molar-refractivity contribution in [2.45, 2.75) is 44.8 Å². The van der Waals surface area contributed by atoms with E-state index in [1.54, 1.807) is 0 Å². The number of nitrogens with zero attached hydrogens (tertiary/aromatic N) is 1. The average molecular weight is 280 g/mol. The molecule has 2 atom stereocenters. The van der Waals surface area contributed by atoms with E-state index in [0.29, 0.717) is 6.61 Å². The van der Waals surface area contributed by atoms with Crippen LogP contribution in [-0.4, -0.2) is 29.4 Å². The van der Waals surface area contributed by atoms with Gasteiger partial charge in [0.25, 0.3) is 11.5 Å². The van der Waals surface area contributed by atoms with E-state index in [9.17, 15) is 9.59 Å². The fraction of sp³-hybridized carbons (Fsp3) is 0.714. The van der Waals surface area contributed by atoms with Gasteiger partial charge in [-0.3, -0.25) is 9.59 Å². The Morgan fingerprint density at radius 3 is 2.85 bits per heavy atom. The number of carbonyl (C=O) groups excluding carboxylic acids is 1. The lowest BCUT2D eigenvalue weighted by Gasteiger charge is -2.60. The normalized spacial score (nSPS) is 26.9. The van der Waals surface area contributed by atoms with Crippen molar-refractivity contribution >= 4 is 5.91 Å². The first-order valence-electron chi connectivity index (χ1n) is 7.16. The molecule has 0 aromatic carbocycles. The number of aryl methyl sites for hydroxylation is 1. The summed E-state index contributed by atoms with van der Waals surface area (Å²) in [5.41, 5.74) is -0.199. The van der Waals surface area contributed by atoms with Gasteiger partial charge in [0.2, 0.25) is 5.76 Å². The molecular formula is C14H20N2O4. The molecule has 0 bridgehead atoms. The molecule has 0 unspecified atom stereocenters. The van der Waals surface area contributed by atoms with E-state index in [2.05, 4.69) is 5.32 Å². The summed E-state index contributed by atoms with van der Waals surface area (Å²) in [4.78, 5) is 23.4. The van der Waals surface area contributed by atoms with Crippen molar-refractivity contribution in [1.29, 1.82) is 0 Å². The number of amides is 1. The zero-order valence-electron chi connectivity index (χ0n) is 11.8. The lowest BCUT2D eigenvalue weighted by atomic mass is 9.51. The number of ether oxygens (including phenoxy) is 1. The summed E-state index contributed by atoms with van der Waals surface area (Å²) in [6.45, 7) is 2.71. The monoisotopic (exact) mass is 280 g/mol. The first-order chi connectivity index (χ1) is 9.56. The van der Waals surface area contributed by atoms with E-state index < -0.39 is 0 Å². The largest absolute Gasteiger partial charge is 0.378 e. The molecule has 2 fully saturated rings. The number of aromatic nitrogens is 1.